The zero-order valence-corrected chi connectivity index (χ0v) is 34.7. The molecule has 0 spiro atoms. The van der Waals surface area contributed by atoms with Crippen molar-refractivity contribution in [3.63, 3.8) is 0 Å². The second-order valence-corrected chi connectivity index (χ2v) is 17.6. The molecule has 4 heterocycles. The molecule has 326 valence electrons. The summed E-state index contributed by atoms with van der Waals surface area (Å²) in [5.74, 6) is -8.76. The summed E-state index contributed by atoms with van der Waals surface area (Å²) in [4.78, 5) is 43.0. The number of carbonyl (C=O) groups excluding carboxylic acids is 1. The second kappa shape index (κ2) is 15.2. The number of alkyl halides is 4. The van der Waals surface area contributed by atoms with Gasteiger partial charge in [0.1, 0.15) is 35.4 Å². The van der Waals surface area contributed by atoms with Crippen molar-refractivity contribution in [1.29, 1.82) is 0 Å². The first-order valence-electron chi connectivity index (χ1n) is 19.4. The highest BCUT2D eigenvalue weighted by molar-refractivity contribution is 7.92. The lowest BCUT2D eigenvalue weighted by molar-refractivity contribution is -0.123. The molecule has 0 radical (unpaired) electrons. The van der Waals surface area contributed by atoms with Crippen LogP contribution >= 0.6 is 11.6 Å². The van der Waals surface area contributed by atoms with Crippen LogP contribution in [0.25, 0.3) is 38.9 Å². The van der Waals surface area contributed by atoms with E-state index in [1.54, 1.807) is 18.3 Å². The number of benzene rings is 3. The summed E-state index contributed by atoms with van der Waals surface area (Å²) in [6.45, 7) is 0.919. The average Bonchev–Trinajstić information content (AvgIpc) is 3.75. The molecule has 1 fully saturated rings. The molecule has 22 heteroatoms. The fraction of sp³-hybridized carbons (Fsp3) is 0.293. The first-order chi connectivity index (χ1) is 29.8. The number of carbonyl (C=O) groups is 1. The third-order valence-corrected chi connectivity index (χ3v) is 12.0. The molecule has 1 amide bonds. The topological polar surface area (TPSA) is 172 Å². The van der Waals surface area contributed by atoms with Gasteiger partial charge in [-0.2, -0.15) is 19.0 Å². The molecule has 0 bridgehead atoms. The zero-order chi connectivity index (χ0) is 44.9. The normalized spacial score (nSPS) is 17.0. The Bertz CT molecular complexity index is 3210. The van der Waals surface area contributed by atoms with Gasteiger partial charge in [-0.1, -0.05) is 24.6 Å². The van der Waals surface area contributed by atoms with Crippen molar-refractivity contribution in [1.82, 2.24) is 44.4 Å². The fourth-order valence-corrected chi connectivity index (χ4v) is 9.19. The molecule has 0 aliphatic heterocycles. The van der Waals surface area contributed by atoms with Crippen molar-refractivity contribution >= 4 is 55.2 Å². The van der Waals surface area contributed by atoms with Crippen molar-refractivity contribution in [3.8, 4) is 17.1 Å². The molecule has 3 atom stereocenters. The van der Waals surface area contributed by atoms with E-state index in [1.165, 1.54) is 36.0 Å². The van der Waals surface area contributed by atoms with E-state index in [0.717, 1.165) is 28.6 Å². The monoisotopic (exact) mass is 910 g/mol. The molecule has 2 N–H and O–H groups in total. The van der Waals surface area contributed by atoms with Crippen molar-refractivity contribution in [2.24, 2.45) is 13.0 Å². The van der Waals surface area contributed by atoms with Crippen molar-refractivity contribution in [2.75, 3.05) is 11.0 Å². The summed E-state index contributed by atoms with van der Waals surface area (Å²) in [7, 11) is -2.46. The average molecular weight is 911 g/mol. The fourth-order valence-electron chi connectivity index (χ4n) is 8.45. The lowest BCUT2D eigenvalue weighted by atomic mass is 10.0. The van der Waals surface area contributed by atoms with Gasteiger partial charge < -0.3 is 5.32 Å². The minimum atomic E-state index is -3.92. The van der Waals surface area contributed by atoms with Gasteiger partial charge in [0.2, 0.25) is 15.9 Å². The van der Waals surface area contributed by atoms with Gasteiger partial charge in [-0.05, 0) is 66.8 Å². The number of sulfonamides is 1. The highest BCUT2D eigenvalue weighted by atomic mass is 35.5. The maximum atomic E-state index is 15.5. The van der Waals surface area contributed by atoms with Crippen molar-refractivity contribution < 1.29 is 39.6 Å². The Labute approximate surface area is 358 Å². The number of rotatable bonds is 12. The number of aryl methyl sites for hydroxylation is 2. The zero-order valence-electron chi connectivity index (χ0n) is 33.2. The number of nitrogens with one attached hydrogen (secondary N) is 2. The van der Waals surface area contributed by atoms with Gasteiger partial charge in [-0.3, -0.25) is 28.2 Å². The molecule has 1 saturated carbocycles. The number of halogens is 7. The molecule has 9 rings (SSSR count). The van der Waals surface area contributed by atoms with E-state index in [-0.39, 0.29) is 61.7 Å². The van der Waals surface area contributed by atoms with Crippen molar-refractivity contribution in [2.45, 2.75) is 57.0 Å². The summed E-state index contributed by atoms with van der Waals surface area (Å²) in [5.41, 5.74) is -1.38. The van der Waals surface area contributed by atoms with E-state index in [1.807, 2.05) is 6.92 Å². The Morgan fingerprint density at radius 3 is 2.48 bits per heavy atom. The van der Waals surface area contributed by atoms with Crippen LogP contribution in [-0.4, -0.2) is 59.7 Å². The number of amides is 1. The molecule has 3 aromatic carbocycles. The summed E-state index contributed by atoms with van der Waals surface area (Å²) >= 11 is 6.63. The van der Waals surface area contributed by atoms with Gasteiger partial charge in [0.25, 0.3) is 17.9 Å². The predicted octanol–water partition coefficient (Wildman–Crippen LogP) is 7.04. The molecular weight excluding hydrogens is 878 g/mol. The molecule has 2 aliphatic carbocycles. The van der Waals surface area contributed by atoms with E-state index >= 15 is 13.6 Å². The van der Waals surface area contributed by atoms with Crippen LogP contribution in [0.2, 0.25) is 5.02 Å². The van der Waals surface area contributed by atoms with E-state index in [9.17, 15) is 30.8 Å². The molecule has 14 nitrogen and oxygen atoms in total. The standard InChI is InChI=1S/C41H33ClF6N10O4S/c1-4-22-9-10-49-37(50-22)19-5-6-23-27(14-19)52-39(58(40(23)60)29-8-7-26(42)32-34(29)56(2)54-38(32)55-63(3,61)62)28(13-18-11-20(43)15-21(44)12-18)51-30(59)17-57-35-31(33(53-57)36(45)46)24-16-25(24)41(35,47)48/h5-12,14-15,24-25,28,36H,4,13,16-17H2,1-3H3,(H,51,59)(H,54,55)/t24-,25+,28-/m0/s1. The minimum absolute atomic E-state index is 0.00659. The summed E-state index contributed by atoms with van der Waals surface area (Å²) < 4.78 is 119. The number of hydrogen-bond acceptors (Lipinski definition) is 9. The van der Waals surface area contributed by atoms with Gasteiger partial charge in [-0.15, -0.1) is 0 Å². The van der Waals surface area contributed by atoms with Crippen LogP contribution in [0.4, 0.5) is 32.2 Å². The highest BCUT2D eigenvalue weighted by Gasteiger charge is 2.67. The lowest BCUT2D eigenvalue weighted by Crippen LogP contribution is -2.38. The van der Waals surface area contributed by atoms with Crippen LogP contribution in [0.1, 0.15) is 65.8 Å². The smallest absolute Gasteiger partial charge is 0.293 e. The Kier molecular flexibility index (Phi) is 10.1. The number of fused-ring (bicyclic) bond motifs is 5. The van der Waals surface area contributed by atoms with Crippen LogP contribution in [0.3, 0.4) is 0 Å². The molecule has 4 aromatic heterocycles. The third kappa shape index (κ3) is 7.45. The Morgan fingerprint density at radius 1 is 1.03 bits per heavy atom. The van der Waals surface area contributed by atoms with E-state index in [2.05, 4.69) is 30.2 Å². The van der Waals surface area contributed by atoms with E-state index in [4.69, 9.17) is 16.6 Å². The third-order valence-electron chi connectivity index (χ3n) is 11.1. The predicted molar refractivity (Wildman–Crippen MR) is 218 cm³/mol. The van der Waals surface area contributed by atoms with Crippen LogP contribution in [0.5, 0.6) is 0 Å². The quantitative estimate of drug-likeness (QED) is 0.122. The first-order valence-corrected chi connectivity index (χ1v) is 21.6. The Morgan fingerprint density at radius 2 is 1.78 bits per heavy atom. The Hall–Kier alpha value is -6.35. The summed E-state index contributed by atoms with van der Waals surface area (Å²) in [5, 5.41) is 10.8. The SMILES string of the molecule is CCc1ccnc(-c2ccc3c(=O)n(-c4ccc(Cl)c5c(NS(C)(=O)=O)nn(C)c45)c([C@H](Cc4cc(F)cc(F)c4)NC(=O)Cn4nc(C(F)F)c5c4C(F)(F)[C@@H]4C[C@H]54)nc3c2)n1. The number of nitrogens with zero attached hydrogens (tertiary/aromatic N) is 8. The highest BCUT2D eigenvalue weighted by Crippen LogP contribution is 2.68. The Balaban J connectivity index is 1.26. The van der Waals surface area contributed by atoms with E-state index in [0.29, 0.717) is 28.6 Å². The molecular formula is C41H33ClF6N10O4S. The van der Waals surface area contributed by atoms with Gasteiger partial charge in [-0.25, -0.2) is 40.9 Å². The number of hydrogen-bond donors (Lipinski definition) is 2. The summed E-state index contributed by atoms with van der Waals surface area (Å²) in [6.07, 6.45) is -0.627. The largest absolute Gasteiger partial charge is 0.344 e. The maximum absolute atomic E-state index is 15.5. The molecule has 0 unspecified atom stereocenters. The lowest BCUT2D eigenvalue weighted by Gasteiger charge is -2.24. The minimum Gasteiger partial charge on any atom is -0.344 e. The van der Waals surface area contributed by atoms with Gasteiger partial charge in [0.05, 0.1) is 44.8 Å². The van der Waals surface area contributed by atoms with Crippen LogP contribution in [0.15, 0.2) is 65.6 Å². The van der Waals surface area contributed by atoms with Gasteiger partial charge in [0.15, 0.2) is 11.6 Å². The van der Waals surface area contributed by atoms with Crippen LogP contribution in [0, 0.1) is 17.6 Å². The van der Waals surface area contributed by atoms with Crippen molar-refractivity contribution in [3.05, 3.63) is 122 Å². The van der Waals surface area contributed by atoms with Gasteiger partial charge >= 0.3 is 0 Å². The van der Waals surface area contributed by atoms with Crippen LogP contribution in [-0.2, 0) is 47.2 Å². The first kappa shape index (κ1) is 42.0. The molecule has 2 aliphatic rings. The number of aromatic nitrogens is 8. The van der Waals surface area contributed by atoms with E-state index < -0.39 is 87.7 Å². The molecule has 7 aromatic rings. The molecule has 0 saturated heterocycles. The van der Waals surface area contributed by atoms with Crippen LogP contribution < -0.4 is 15.6 Å². The van der Waals surface area contributed by atoms with Gasteiger partial charge in [0, 0.05) is 48.5 Å². The summed E-state index contributed by atoms with van der Waals surface area (Å²) in [6, 6.07) is 10.2. The number of anilines is 1. The molecule has 63 heavy (non-hydrogen) atoms. The second-order valence-electron chi connectivity index (χ2n) is 15.5. The maximum Gasteiger partial charge on any atom is 0.293 e.